The van der Waals surface area contributed by atoms with Crippen LogP contribution in [0.25, 0.3) is 0 Å². The summed E-state index contributed by atoms with van der Waals surface area (Å²) in [7, 11) is 1.58. The lowest BCUT2D eigenvalue weighted by atomic mass is 10.2. The lowest BCUT2D eigenvalue weighted by molar-refractivity contribution is -0.361. The topological polar surface area (TPSA) is 55.6 Å². The van der Waals surface area contributed by atoms with Crippen LogP contribution >= 0.6 is 0 Å². The summed E-state index contributed by atoms with van der Waals surface area (Å²) in [6.07, 6.45) is 1.84. The number of phenols is 1. The lowest BCUT2D eigenvalue weighted by Crippen LogP contribution is -2.11. The Labute approximate surface area is 99.9 Å². The van der Waals surface area contributed by atoms with Crippen LogP contribution in [0.15, 0.2) is 42.6 Å². The zero-order valence-electron chi connectivity index (χ0n) is 9.60. The van der Waals surface area contributed by atoms with E-state index in [-0.39, 0.29) is 5.75 Å². The number of benzene rings is 1. The first kappa shape index (κ1) is 11.3. The number of hydrogen-bond donors (Lipinski definition) is 2. The van der Waals surface area contributed by atoms with Crippen LogP contribution in [0.4, 0.5) is 5.82 Å². The number of anilines is 1. The molecule has 0 saturated carbocycles. The fourth-order valence-electron chi connectivity index (χ4n) is 1.51. The van der Waals surface area contributed by atoms with Gasteiger partial charge in [0.1, 0.15) is 18.0 Å². The Balaban J connectivity index is 2.04. The van der Waals surface area contributed by atoms with E-state index in [0.717, 1.165) is 11.4 Å². The number of pyridine rings is 1. The van der Waals surface area contributed by atoms with Crippen molar-refractivity contribution in [2.24, 2.45) is 0 Å². The molecule has 0 bridgehead atoms. The predicted molar refractivity (Wildman–Crippen MR) is 65.0 cm³/mol. The minimum Gasteiger partial charge on any atom is -0.507 e. The summed E-state index contributed by atoms with van der Waals surface area (Å²) in [5.74, 6) is 1.79. The summed E-state index contributed by atoms with van der Waals surface area (Å²) in [6, 6.07) is 11.0. The molecule has 1 aromatic heterocycles. The van der Waals surface area contributed by atoms with Crippen molar-refractivity contribution in [2.75, 3.05) is 12.4 Å². The van der Waals surface area contributed by atoms with Crippen LogP contribution in [0, 0.1) is 0 Å². The molecule has 88 valence electrons. The van der Waals surface area contributed by atoms with Crippen LogP contribution in [-0.4, -0.2) is 12.2 Å². The minimum absolute atomic E-state index is 0.229. The molecule has 0 aliphatic carbocycles. The molecule has 0 unspecified atom stereocenters. The number of hydrogen-bond acceptors (Lipinski definition) is 3. The quantitative estimate of drug-likeness (QED) is 0.844. The molecule has 0 amide bonds. The first-order valence-corrected chi connectivity index (χ1v) is 5.36. The maximum atomic E-state index is 9.77. The van der Waals surface area contributed by atoms with Gasteiger partial charge in [0.2, 0.25) is 0 Å². The van der Waals surface area contributed by atoms with E-state index in [1.807, 2.05) is 36.5 Å². The molecular formula is C13H15N2O2+. The van der Waals surface area contributed by atoms with Gasteiger partial charge in [-0.25, -0.2) is 4.98 Å². The highest BCUT2D eigenvalue weighted by molar-refractivity contribution is 5.41. The second-order valence-electron chi connectivity index (χ2n) is 3.62. The van der Waals surface area contributed by atoms with Crippen molar-refractivity contribution in [1.82, 2.24) is 0 Å². The summed E-state index contributed by atoms with van der Waals surface area (Å²) in [5, 5.41) is 13.0. The maximum absolute atomic E-state index is 9.77. The summed E-state index contributed by atoms with van der Waals surface area (Å²) in [4.78, 5) is 3.06. The molecule has 4 heteroatoms. The van der Waals surface area contributed by atoms with Crippen LogP contribution in [0.2, 0.25) is 0 Å². The van der Waals surface area contributed by atoms with Gasteiger partial charge in [-0.2, -0.15) is 0 Å². The summed E-state index contributed by atoms with van der Waals surface area (Å²) >= 11 is 0. The zero-order valence-corrected chi connectivity index (χ0v) is 9.60. The van der Waals surface area contributed by atoms with E-state index < -0.39 is 0 Å². The zero-order chi connectivity index (χ0) is 12.1. The number of aromatic amines is 1. The average molecular weight is 231 g/mol. The van der Waals surface area contributed by atoms with Gasteiger partial charge in [-0.05, 0) is 18.2 Å². The number of rotatable bonds is 4. The third-order valence-electron chi connectivity index (χ3n) is 2.47. The second kappa shape index (κ2) is 5.21. The molecule has 1 heterocycles. The number of nitrogens with one attached hydrogen (secondary N) is 2. The SMILES string of the molecule is COc1ccc(CNc2cccc[nH+]2)c(O)c1. The fourth-order valence-corrected chi connectivity index (χ4v) is 1.51. The maximum Gasteiger partial charge on any atom is 0.272 e. The van der Waals surface area contributed by atoms with Crippen LogP contribution in [-0.2, 0) is 6.54 Å². The smallest absolute Gasteiger partial charge is 0.272 e. The van der Waals surface area contributed by atoms with Crippen molar-refractivity contribution in [3.63, 3.8) is 0 Å². The van der Waals surface area contributed by atoms with Gasteiger partial charge in [0.05, 0.1) is 13.3 Å². The van der Waals surface area contributed by atoms with E-state index >= 15 is 0 Å². The van der Waals surface area contributed by atoms with E-state index in [1.165, 1.54) is 0 Å². The Morgan fingerprint density at radius 2 is 2.18 bits per heavy atom. The van der Waals surface area contributed by atoms with Gasteiger partial charge in [-0.3, -0.25) is 5.32 Å². The first-order chi connectivity index (χ1) is 8.29. The Hall–Kier alpha value is -2.23. The Kier molecular flexibility index (Phi) is 3.45. The summed E-state index contributed by atoms with van der Waals surface area (Å²) in [6.45, 7) is 0.552. The summed E-state index contributed by atoms with van der Waals surface area (Å²) in [5.41, 5.74) is 0.822. The van der Waals surface area contributed by atoms with E-state index in [4.69, 9.17) is 4.74 Å². The molecule has 0 spiro atoms. The number of aromatic nitrogens is 1. The molecule has 0 aliphatic rings. The number of ether oxygens (including phenoxy) is 1. The van der Waals surface area contributed by atoms with E-state index in [9.17, 15) is 5.11 Å². The number of methoxy groups -OCH3 is 1. The lowest BCUT2D eigenvalue weighted by Gasteiger charge is -2.05. The number of H-pyrrole nitrogens is 1. The van der Waals surface area contributed by atoms with E-state index in [1.54, 1.807) is 13.2 Å². The average Bonchev–Trinajstić information content (AvgIpc) is 2.38. The van der Waals surface area contributed by atoms with Gasteiger partial charge in [0.15, 0.2) is 0 Å². The molecule has 2 rings (SSSR count). The third kappa shape index (κ3) is 2.87. The standard InChI is InChI=1S/C13H14N2O2/c1-17-11-6-5-10(12(16)8-11)9-15-13-4-2-3-7-14-13/h2-8,16H,9H2,1H3,(H,14,15)/p+1. The normalized spacial score (nSPS) is 9.94. The van der Waals surface area contributed by atoms with Gasteiger partial charge in [0.25, 0.3) is 5.82 Å². The molecule has 0 atom stereocenters. The van der Waals surface area contributed by atoms with Crippen LogP contribution in [0.3, 0.4) is 0 Å². The highest BCUT2D eigenvalue weighted by Crippen LogP contribution is 2.23. The molecule has 0 radical (unpaired) electrons. The minimum atomic E-state index is 0.229. The monoisotopic (exact) mass is 231 g/mol. The van der Waals surface area contributed by atoms with Crippen LogP contribution in [0.5, 0.6) is 11.5 Å². The van der Waals surface area contributed by atoms with Crippen LogP contribution in [0.1, 0.15) is 5.56 Å². The fraction of sp³-hybridized carbons (Fsp3) is 0.154. The van der Waals surface area contributed by atoms with Gasteiger partial charge >= 0.3 is 0 Å². The molecule has 0 aliphatic heterocycles. The Bertz CT molecular complexity index is 486. The van der Waals surface area contributed by atoms with Gasteiger partial charge in [-0.15, -0.1) is 0 Å². The van der Waals surface area contributed by atoms with Gasteiger partial charge in [-0.1, -0.05) is 6.07 Å². The van der Waals surface area contributed by atoms with Crippen molar-refractivity contribution in [3.8, 4) is 11.5 Å². The highest BCUT2D eigenvalue weighted by atomic mass is 16.5. The van der Waals surface area contributed by atoms with Crippen molar-refractivity contribution in [1.29, 1.82) is 0 Å². The van der Waals surface area contributed by atoms with Crippen molar-refractivity contribution >= 4 is 5.82 Å². The van der Waals surface area contributed by atoms with Crippen molar-refractivity contribution < 1.29 is 14.8 Å². The molecular weight excluding hydrogens is 216 g/mol. The molecule has 2 aromatic rings. The van der Waals surface area contributed by atoms with Crippen molar-refractivity contribution in [2.45, 2.75) is 6.54 Å². The molecule has 0 fully saturated rings. The molecule has 0 saturated heterocycles. The first-order valence-electron chi connectivity index (χ1n) is 5.36. The third-order valence-corrected chi connectivity index (χ3v) is 2.47. The van der Waals surface area contributed by atoms with Crippen molar-refractivity contribution in [3.05, 3.63) is 48.2 Å². The van der Waals surface area contributed by atoms with E-state index in [2.05, 4.69) is 10.3 Å². The Morgan fingerprint density at radius 3 is 2.82 bits per heavy atom. The Morgan fingerprint density at radius 1 is 1.29 bits per heavy atom. The molecule has 17 heavy (non-hydrogen) atoms. The highest BCUT2D eigenvalue weighted by Gasteiger charge is 2.06. The molecule has 3 N–H and O–H groups in total. The van der Waals surface area contributed by atoms with Gasteiger partial charge in [0, 0.05) is 17.7 Å². The number of aromatic hydroxyl groups is 1. The largest absolute Gasteiger partial charge is 0.507 e. The number of phenolic OH excluding ortho intramolecular Hbond substituents is 1. The van der Waals surface area contributed by atoms with Gasteiger partial charge < -0.3 is 9.84 Å². The van der Waals surface area contributed by atoms with E-state index in [0.29, 0.717) is 12.3 Å². The summed E-state index contributed by atoms with van der Waals surface area (Å²) < 4.78 is 5.03. The van der Waals surface area contributed by atoms with Crippen LogP contribution < -0.4 is 15.0 Å². The molecule has 4 nitrogen and oxygen atoms in total. The molecule has 1 aromatic carbocycles. The predicted octanol–water partition coefficient (Wildman–Crippen LogP) is 1.83. The second-order valence-corrected chi connectivity index (χ2v) is 3.62.